The highest BCUT2D eigenvalue weighted by atomic mass is 19.3. The Bertz CT molecular complexity index is 1560. The van der Waals surface area contributed by atoms with Crippen LogP contribution < -0.4 is 20.9 Å². The summed E-state index contributed by atoms with van der Waals surface area (Å²) in [5, 5.41) is 5.63. The highest BCUT2D eigenvalue weighted by Gasteiger charge is 2.46. The van der Waals surface area contributed by atoms with Gasteiger partial charge in [-0.1, -0.05) is 0 Å². The number of alkyl halides is 4. The normalized spacial score (nSPS) is 15.9. The first-order chi connectivity index (χ1) is 19.4. The van der Waals surface area contributed by atoms with Crippen LogP contribution in [0.15, 0.2) is 47.4 Å². The van der Waals surface area contributed by atoms with Gasteiger partial charge in [0.1, 0.15) is 17.1 Å². The number of nitrogens with zero attached hydrogens (tertiary/aromatic N) is 3. The number of halogens is 4. The zero-order valence-electron chi connectivity index (χ0n) is 22.2. The molecule has 1 saturated carbocycles. The SMILES string of the molecule is CNCc1cc(C(=O)Nc2cc(-c3ccc(OC(F)F)cc3C(=O)N3CC(F)(F)C3)cc(C3CC3)n2)c(=O)n(C)c1. The van der Waals surface area contributed by atoms with Crippen molar-refractivity contribution in [3.8, 4) is 16.9 Å². The molecule has 1 aliphatic heterocycles. The molecule has 5 rings (SSSR count). The smallest absolute Gasteiger partial charge is 0.387 e. The standard InChI is InChI=1S/C28H27F4N5O4/c1-33-11-15-7-21(25(39)36(2)12-15)24(38)35-23-9-17(8-22(34-23)16-3-4-16)19-6-5-18(41-27(29)30)10-20(19)26(40)37-13-28(31,32)14-37/h5-10,12,16,27,33H,3-4,11,13-14H2,1-2H3,(H,34,35,38). The molecule has 0 radical (unpaired) electrons. The molecule has 2 aromatic heterocycles. The summed E-state index contributed by atoms with van der Waals surface area (Å²) in [6, 6.07) is 8.40. The molecule has 1 aliphatic carbocycles. The van der Waals surface area contributed by atoms with Gasteiger partial charge in [-0.15, -0.1) is 0 Å². The van der Waals surface area contributed by atoms with E-state index in [4.69, 9.17) is 0 Å². The molecule has 0 spiro atoms. The fourth-order valence-electron chi connectivity index (χ4n) is 4.74. The highest BCUT2D eigenvalue weighted by Crippen LogP contribution is 2.42. The average molecular weight is 574 g/mol. The summed E-state index contributed by atoms with van der Waals surface area (Å²) < 4.78 is 58.6. The molecular weight excluding hydrogens is 546 g/mol. The van der Waals surface area contributed by atoms with Crippen LogP contribution >= 0.6 is 0 Å². The number of nitrogens with one attached hydrogen (secondary N) is 2. The van der Waals surface area contributed by atoms with E-state index >= 15 is 0 Å². The predicted octanol–water partition coefficient (Wildman–Crippen LogP) is 3.99. The van der Waals surface area contributed by atoms with E-state index in [2.05, 4.69) is 20.4 Å². The average Bonchev–Trinajstić information content (AvgIpc) is 3.74. The zero-order chi connectivity index (χ0) is 29.5. The van der Waals surface area contributed by atoms with Crippen LogP contribution in [-0.4, -0.2) is 58.9 Å². The molecular formula is C28H27F4N5O4. The van der Waals surface area contributed by atoms with Crippen molar-refractivity contribution >= 4 is 17.6 Å². The number of likely N-dealkylation sites (tertiary alicyclic amines) is 1. The second-order valence-electron chi connectivity index (χ2n) is 10.2. The van der Waals surface area contributed by atoms with Crippen LogP contribution in [-0.2, 0) is 13.6 Å². The second kappa shape index (κ2) is 11.0. The van der Waals surface area contributed by atoms with Crippen LogP contribution in [0.4, 0.5) is 23.4 Å². The second-order valence-corrected chi connectivity index (χ2v) is 10.2. The molecule has 9 nitrogen and oxygen atoms in total. The summed E-state index contributed by atoms with van der Waals surface area (Å²) in [5.74, 6) is -4.58. The summed E-state index contributed by atoms with van der Waals surface area (Å²) in [6.07, 6.45) is 3.33. The Morgan fingerprint density at radius 2 is 1.85 bits per heavy atom. The van der Waals surface area contributed by atoms with Crippen LogP contribution in [0.3, 0.4) is 0 Å². The van der Waals surface area contributed by atoms with E-state index in [-0.39, 0.29) is 34.2 Å². The van der Waals surface area contributed by atoms with E-state index in [9.17, 15) is 31.9 Å². The lowest BCUT2D eigenvalue weighted by Gasteiger charge is -2.39. The molecule has 2 fully saturated rings. The number of benzene rings is 1. The number of aromatic nitrogens is 2. The fraction of sp³-hybridized carbons (Fsp3) is 0.357. The van der Waals surface area contributed by atoms with Crippen molar-refractivity contribution in [3.63, 3.8) is 0 Å². The molecule has 1 aromatic carbocycles. The molecule has 0 bridgehead atoms. The Hall–Kier alpha value is -4.26. The van der Waals surface area contributed by atoms with Crippen LogP contribution in [0.5, 0.6) is 5.75 Å². The minimum absolute atomic E-state index is 0.0940. The number of anilines is 1. The van der Waals surface area contributed by atoms with Gasteiger partial charge in [-0.2, -0.15) is 8.78 Å². The number of pyridine rings is 2. The first-order valence-electron chi connectivity index (χ1n) is 12.9. The van der Waals surface area contributed by atoms with E-state index in [1.54, 1.807) is 19.3 Å². The Kier molecular flexibility index (Phi) is 7.56. The molecule has 2 N–H and O–H groups in total. The van der Waals surface area contributed by atoms with Crippen molar-refractivity contribution < 1.29 is 31.9 Å². The lowest BCUT2D eigenvalue weighted by Crippen LogP contribution is -2.58. The van der Waals surface area contributed by atoms with Crippen LogP contribution in [0.25, 0.3) is 11.1 Å². The van der Waals surface area contributed by atoms with Gasteiger partial charge in [0.05, 0.1) is 18.7 Å². The highest BCUT2D eigenvalue weighted by molar-refractivity contribution is 6.05. The van der Waals surface area contributed by atoms with E-state index in [0.717, 1.165) is 23.8 Å². The minimum atomic E-state index is -3.15. The molecule has 41 heavy (non-hydrogen) atoms. The number of rotatable bonds is 9. The molecule has 0 atom stereocenters. The summed E-state index contributed by atoms with van der Waals surface area (Å²) in [7, 11) is 3.27. The Morgan fingerprint density at radius 3 is 2.49 bits per heavy atom. The van der Waals surface area contributed by atoms with Crippen LogP contribution in [0, 0.1) is 0 Å². The third kappa shape index (κ3) is 6.24. The van der Waals surface area contributed by atoms with E-state index < -0.39 is 43.0 Å². The topological polar surface area (TPSA) is 106 Å². The van der Waals surface area contributed by atoms with Gasteiger partial charge in [0, 0.05) is 31.4 Å². The van der Waals surface area contributed by atoms with Crippen molar-refractivity contribution in [1.29, 1.82) is 0 Å². The summed E-state index contributed by atoms with van der Waals surface area (Å²) in [6.45, 7) is -4.31. The molecule has 3 aromatic rings. The van der Waals surface area contributed by atoms with Gasteiger partial charge in [0.15, 0.2) is 0 Å². The fourth-order valence-corrected chi connectivity index (χ4v) is 4.74. The lowest BCUT2D eigenvalue weighted by atomic mass is 9.96. The number of amides is 2. The van der Waals surface area contributed by atoms with Crippen LogP contribution in [0.1, 0.15) is 50.7 Å². The number of ether oxygens (including phenoxy) is 1. The maximum absolute atomic E-state index is 13.5. The van der Waals surface area contributed by atoms with Gasteiger partial charge in [-0.05, 0) is 73.0 Å². The molecule has 13 heteroatoms. The number of hydrogen-bond donors (Lipinski definition) is 2. The van der Waals surface area contributed by atoms with Crippen molar-refractivity contribution in [2.45, 2.75) is 37.8 Å². The molecule has 0 unspecified atom stereocenters. The van der Waals surface area contributed by atoms with Gasteiger partial charge < -0.3 is 24.8 Å². The molecule has 2 aliphatic rings. The predicted molar refractivity (Wildman–Crippen MR) is 142 cm³/mol. The molecule has 3 heterocycles. The number of carbonyl (C=O) groups is 2. The van der Waals surface area contributed by atoms with Crippen LogP contribution in [0.2, 0.25) is 0 Å². The third-order valence-electron chi connectivity index (χ3n) is 6.84. The van der Waals surface area contributed by atoms with E-state index in [0.29, 0.717) is 23.4 Å². The first kappa shape index (κ1) is 28.3. The maximum Gasteiger partial charge on any atom is 0.387 e. The maximum atomic E-state index is 13.5. The number of aryl methyl sites for hydroxylation is 1. The van der Waals surface area contributed by atoms with Gasteiger partial charge >= 0.3 is 6.61 Å². The third-order valence-corrected chi connectivity index (χ3v) is 6.84. The number of carbonyl (C=O) groups excluding carboxylic acids is 2. The van der Waals surface area contributed by atoms with Gasteiger partial charge in [-0.25, -0.2) is 13.8 Å². The molecule has 216 valence electrons. The van der Waals surface area contributed by atoms with Gasteiger partial charge in [0.25, 0.3) is 23.3 Å². The minimum Gasteiger partial charge on any atom is -0.435 e. The first-order valence-corrected chi connectivity index (χ1v) is 12.9. The van der Waals surface area contributed by atoms with Gasteiger partial charge in [0.2, 0.25) is 0 Å². The largest absolute Gasteiger partial charge is 0.435 e. The van der Waals surface area contributed by atoms with E-state index in [1.807, 2.05) is 0 Å². The summed E-state index contributed by atoms with van der Waals surface area (Å²) in [5.41, 5.74) is 1.30. The molecule has 1 saturated heterocycles. The van der Waals surface area contributed by atoms with Crippen molar-refractivity contribution in [3.05, 3.63) is 75.3 Å². The Labute approximate surface area is 232 Å². The molecule has 2 amide bonds. The Morgan fingerprint density at radius 1 is 1.12 bits per heavy atom. The van der Waals surface area contributed by atoms with Crippen molar-refractivity contribution in [1.82, 2.24) is 19.8 Å². The monoisotopic (exact) mass is 573 g/mol. The van der Waals surface area contributed by atoms with Crippen molar-refractivity contribution in [2.24, 2.45) is 7.05 Å². The number of hydrogen-bond acceptors (Lipinski definition) is 6. The zero-order valence-corrected chi connectivity index (χ0v) is 22.2. The summed E-state index contributed by atoms with van der Waals surface area (Å²) >= 11 is 0. The van der Waals surface area contributed by atoms with Gasteiger partial charge in [-0.3, -0.25) is 14.4 Å². The Balaban J connectivity index is 1.53. The quantitative estimate of drug-likeness (QED) is 0.375. The summed E-state index contributed by atoms with van der Waals surface area (Å²) in [4.78, 5) is 44.6. The van der Waals surface area contributed by atoms with E-state index in [1.165, 1.54) is 35.9 Å². The van der Waals surface area contributed by atoms with Crippen molar-refractivity contribution in [2.75, 3.05) is 25.5 Å². The lowest BCUT2D eigenvalue weighted by molar-refractivity contribution is -0.113.